The number of rotatable bonds is 0. The molecule has 2 aliphatic heterocycles. The lowest BCUT2D eigenvalue weighted by Crippen LogP contribution is -2.57. The zero-order valence-corrected chi connectivity index (χ0v) is 19.8. The highest BCUT2D eigenvalue weighted by molar-refractivity contribution is 5.16. The van der Waals surface area contributed by atoms with Crippen LogP contribution in [-0.2, 0) is 4.74 Å². The molecule has 0 amide bonds. The first kappa shape index (κ1) is 20.5. The molecule has 4 saturated carbocycles. The molecule has 6 aliphatic rings. The Bertz CT molecular complexity index is 686. The monoisotopic (exact) mass is 415 g/mol. The molecule has 0 aromatic rings. The molecule has 0 aromatic carbocycles. The molecule has 5 unspecified atom stereocenters. The Kier molecular flexibility index (Phi) is 4.58. The maximum Gasteiger partial charge on any atom is 0.122 e. The Morgan fingerprint density at radius 1 is 0.867 bits per heavy atom. The van der Waals surface area contributed by atoms with Gasteiger partial charge in [0.1, 0.15) is 5.72 Å². The van der Waals surface area contributed by atoms with E-state index < -0.39 is 0 Å². The quantitative estimate of drug-likeness (QED) is 0.559. The van der Waals surface area contributed by atoms with Gasteiger partial charge in [-0.1, -0.05) is 27.7 Å². The van der Waals surface area contributed by atoms with Crippen LogP contribution in [0.1, 0.15) is 91.9 Å². The molecule has 3 nitrogen and oxygen atoms in total. The van der Waals surface area contributed by atoms with Gasteiger partial charge in [-0.25, -0.2) is 0 Å². The van der Waals surface area contributed by atoms with Crippen molar-refractivity contribution in [3.8, 4) is 0 Å². The van der Waals surface area contributed by atoms with E-state index in [1.165, 1.54) is 51.4 Å². The van der Waals surface area contributed by atoms with Crippen LogP contribution in [0.5, 0.6) is 0 Å². The summed E-state index contributed by atoms with van der Waals surface area (Å²) in [6.07, 6.45) is 13.2. The van der Waals surface area contributed by atoms with Crippen molar-refractivity contribution < 1.29 is 9.84 Å². The van der Waals surface area contributed by atoms with Gasteiger partial charge >= 0.3 is 0 Å². The van der Waals surface area contributed by atoms with Crippen LogP contribution in [0.25, 0.3) is 0 Å². The van der Waals surface area contributed by atoms with Gasteiger partial charge in [-0.2, -0.15) is 0 Å². The highest BCUT2D eigenvalue weighted by Crippen LogP contribution is 2.71. The van der Waals surface area contributed by atoms with E-state index in [-0.39, 0.29) is 11.8 Å². The number of nitrogens with one attached hydrogen (secondary N) is 1. The van der Waals surface area contributed by atoms with Gasteiger partial charge < -0.3 is 9.84 Å². The molecule has 6 fully saturated rings. The number of piperidine rings is 1. The molecule has 3 heteroatoms. The van der Waals surface area contributed by atoms with E-state index in [1.54, 1.807) is 0 Å². The Morgan fingerprint density at radius 2 is 1.67 bits per heavy atom. The second kappa shape index (κ2) is 6.70. The number of hydrogen-bond acceptors (Lipinski definition) is 3. The summed E-state index contributed by atoms with van der Waals surface area (Å²) in [5.41, 5.74) is 0.919. The summed E-state index contributed by atoms with van der Waals surface area (Å²) in [5, 5.41) is 14.2. The van der Waals surface area contributed by atoms with Crippen LogP contribution in [0.4, 0.5) is 0 Å². The molecular formula is C27H45NO2. The summed E-state index contributed by atoms with van der Waals surface area (Å²) in [7, 11) is 0. The molecule has 30 heavy (non-hydrogen) atoms. The van der Waals surface area contributed by atoms with Gasteiger partial charge in [-0.3, -0.25) is 5.32 Å². The fourth-order valence-corrected chi connectivity index (χ4v) is 10.4. The molecule has 2 heterocycles. The van der Waals surface area contributed by atoms with Gasteiger partial charge in [0.2, 0.25) is 0 Å². The molecule has 1 spiro atoms. The number of hydrogen-bond donors (Lipinski definition) is 2. The van der Waals surface area contributed by atoms with Gasteiger partial charge in [0.05, 0.1) is 12.2 Å². The maximum atomic E-state index is 10.3. The van der Waals surface area contributed by atoms with E-state index in [1.807, 2.05) is 0 Å². The fraction of sp³-hybridized carbons (Fsp3) is 1.00. The lowest BCUT2D eigenvalue weighted by Gasteiger charge is -2.61. The lowest BCUT2D eigenvalue weighted by molar-refractivity contribution is -0.140. The molecule has 0 radical (unpaired) electrons. The van der Waals surface area contributed by atoms with Crippen LogP contribution in [0, 0.1) is 52.3 Å². The highest BCUT2D eigenvalue weighted by Gasteiger charge is 2.68. The van der Waals surface area contributed by atoms with Crippen molar-refractivity contribution in [3.63, 3.8) is 0 Å². The summed E-state index contributed by atoms with van der Waals surface area (Å²) in [4.78, 5) is 0. The van der Waals surface area contributed by atoms with Gasteiger partial charge in [-0.15, -0.1) is 0 Å². The molecule has 6 rings (SSSR count). The molecule has 2 N–H and O–H groups in total. The second-order valence-corrected chi connectivity index (χ2v) is 13.3. The van der Waals surface area contributed by atoms with Crippen LogP contribution in [0.3, 0.4) is 0 Å². The third kappa shape index (κ3) is 2.61. The third-order valence-electron chi connectivity index (χ3n) is 12.1. The molecule has 2 saturated heterocycles. The van der Waals surface area contributed by atoms with E-state index >= 15 is 0 Å². The number of aliphatic hydroxyl groups excluding tert-OH is 1. The summed E-state index contributed by atoms with van der Waals surface area (Å²) in [6.45, 7) is 11.3. The van der Waals surface area contributed by atoms with Gasteiger partial charge in [0, 0.05) is 12.5 Å². The summed E-state index contributed by atoms with van der Waals surface area (Å²) < 4.78 is 7.01. The zero-order valence-electron chi connectivity index (χ0n) is 19.8. The van der Waals surface area contributed by atoms with Gasteiger partial charge in [-0.05, 0) is 111 Å². The van der Waals surface area contributed by atoms with Crippen molar-refractivity contribution in [2.45, 2.75) is 110 Å². The zero-order chi connectivity index (χ0) is 20.9. The first-order valence-corrected chi connectivity index (χ1v) is 13.4. The maximum absolute atomic E-state index is 10.3. The lowest BCUT2D eigenvalue weighted by atomic mass is 9.44. The van der Waals surface area contributed by atoms with Crippen LogP contribution in [0.15, 0.2) is 0 Å². The average molecular weight is 416 g/mol. The summed E-state index contributed by atoms with van der Waals surface area (Å²) >= 11 is 0. The Hall–Kier alpha value is -0.120. The predicted molar refractivity (Wildman–Crippen MR) is 120 cm³/mol. The number of ether oxygens (including phenoxy) is 1. The van der Waals surface area contributed by atoms with Gasteiger partial charge in [0.25, 0.3) is 0 Å². The largest absolute Gasteiger partial charge is 0.393 e. The van der Waals surface area contributed by atoms with Gasteiger partial charge in [0.15, 0.2) is 0 Å². The van der Waals surface area contributed by atoms with Crippen LogP contribution in [-0.4, -0.2) is 29.6 Å². The normalized spacial score (nSPS) is 62.5. The van der Waals surface area contributed by atoms with E-state index in [9.17, 15) is 5.11 Å². The fourth-order valence-electron chi connectivity index (χ4n) is 10.4. The standard InChI is InChI=1S/C27H45NO2/c1-16-7-12-27(28-15-16)17(2)24-23(30-27)14-22-20-6-5-18-13-19(29)8-10-25(18,3)21(20)9-11-26(22,24)4/h16-24,28-29H,5-15H2,1-4H3/t16-,17-,18?,19+,20+,21?,22?,23?,24?,25-,26-,27-/m0/s1. The van der Waals surface area contributed by atoms with Crippen molar-refractivity contribution in [1.29, 1.82) is 0 Å². The van der Waals surface area contributed by atoms with Crippen molar-refractivity contribution in [1.82, 2.24) is 5.32 Å². The number of aliphatic hydroxyl groups is 1. The topological polar surface area (TPSA) is 41.5 Å². The Balaban J connectivity index is 1.26. The van der Waals surface area contributed by atoms with Crippen molar-refractivity contribution in [2.24, 2.45) is 52.3 Å². The SMILES string of the molecule is C[C@H]1CC[C@]2(NC1)OC1CC3[C@@H]4CCC5C[C@H](O)CC[C@]5(C)C4CC[C@]3(C)C1[C@@H]2C. The average Bonchev–Trinajstić information content (AvgIpc) is 3.16. The number of fused-ring (bicyclic) bond motifs is 7. The summed E-state index contributed by atoms with van der Waals surface area (Å²) in [6, 6.07) is 0. The van der Waals surface area contributed by atoms with Crippen LogP contribution >= 0.6 is 0 Å². The minimum atomic E-state index is -0.0320. The van der Waals surface area contributed by atoms with E-state index in [0.29, 0.717) is 22.9 Å². The second-order valence-electron chi connectivity index (χ2n) is 13.3. The molecule has 0 aromatic heterocycles. The molecule has 12 atom stereocenters. The smallest absolute Gasteiger partial charge is 0.122 e. The van der Waals surface area contributed by atoms with E-state index in [2.05, 4.69) is 33.0 Å². The van der Waals surface area contributed by atoms with Crippen molar-refractivity contribution in [3.05, 3.63) is 0 Å². The molecule has 170 valence electrons. The molecule has 4 aliphatic carbocycles. The Labute approximate surface area is 184 Å². The van der Waals surface area contributed by atoms with Crippen LogP contribution < -0.4 is 5.32 Å². The molecular weight excluding hydrogens is 370 g/mol. The van der Waals surface area contributed by atoms with Crippen molar-refractivity contribution >= 4 is 0 Å². The van der Waals surface area contributed by atoms with Crippen LogP contribution in [0.2, 0.25) is 0 Å². The first-order chi connectivity index (χ1) is 14.3. The van der Waals surface area contributed by atoms with Crippen molar-refractivity contribution in [2.75, 3.05) is 6.54 Å². The molecule has 0 bridgehead atoms. The first-order valence-electron chi connectivity index (χ1n) is 13.4. The van der Waals surface area contributed by atoms with E-state index in [4.69, 9.17) is 4.74 Å². The Morgan fingerprint density at radius 3 is 2.43 bits per heavy atom. The highest BCUT2D eigenvalue weighted by atomic mass is 16.5. The summed E-state index contributed by atoms with van der Waals surface area (Å²) in [5.74, 6) is 5.57. The minimum Gasteiger partial charge on any atom is -0.393 e. The minimum absolute atomic E-state index is 0.0319. The van der Waals surface area contributed by atoms with E-state index in [0.717, 1.165) is 54.9 Å². The predicted octanol–water partition coefficient (Wildman–Crippen LogP) is 5.37. The third-order valence-corrected chi connectivity index (χ3v) is 12.1.